The second-order valence-electron chi connectivity index (χ2n) is 3.64. The highest BCUT2D eigenvalue weighted by atomic mass is 32.2. The molecule has 0 spiro atoms. The van der Waals surface area contributed by atoms with Gasteiger partial charge in [-0.25, -0.2) is 18.1 Å². The van der Waals surface area contributed by atoms with Crippen LogP contribution in [0.4, 0.5) is 0 Å². The topological polar surface area (TPSA) is 121 Å². The Morgan fingerprint density at radius 2 is 2.33 bits per heavy atom. The van der Waals surface area contributed by atoms with Crippen LogP contribution in [0.1, 0.15) is 12.2 Å². The van der Waals surface area contributed by atoms with Gasteiger partial charge in [-0.2, -0.15) is 0 Å². The summed E-state index contributed by atoms with van der Waals surface area (Å²) in [6.45, 7) is 1.50. The number of carboxylic acids is 1. The first-order chi connectivity index (χ1) is 8.35. The fraction of sp³-hybridized carbons (Fsp3) is 0.556. The maximum absolute atomic E-state index is 11.8. The molecule has 0 aliphatic carbocycles. The summed E-state index contributed by atoms with van der Waals surface area (Å²) in [5, 5.41) is 8.53. The van der Waals surface area contributed by atoms with E-state index in [1.807, 2.05) is 0 Å². The second-order valence-corrected chi connectivity index (χ2v) is 5.38. The SMILES string of the molecule is COC(CNS(=O)(=O)c1cnc(C)[nH]1)CC(=O)O. The van der Waals surface area contributed by atoms with E-state index >= 15 is 0 Å². The monoisotopic (exact) mass is 277 g/mol. The van der Waals surface area contributed by atoms with E-state index in [0.717, 1.165) is 0 Å². The number of methoxy groups -OCH3 is 1. The molecule has 0 amide bonds. The molecule has 0 aromatic carbocycles. The molecule has 0 bridgehead atoms. The Hall–Kier alpha value is -1.45. The lowest BCUT2D eigenvalue weighted by Crippen LogP contribution is -2.34. The third-order valence-electron chi connectivity index (χ3n) is 2.21. The highest BCUT2D eigenvalue weighted by molar-refractivity contribution is 7.89. The van der Waals surface area contributed by atoms with Crippen molar-refractivity contribution in [2.45, 2.75) is 24.5 Å². The first kappa shape index (κ1) is 14.6. The Kier molecular flexibility index (Phi) is 4.82. The summed E-state index contributed by atoms with van der Waals surface area (Å²) in [7, 11) is -2.40. The number of aryl methyl sites for hydroxylation is 1. The van der Waals surface area contributed by atoms with Gasteiger partial charge in [0.1, 0.15) is 5.82 Å². The number of carbonyl (C=O) groups is 1. The summed E-state index contributed by atoms with van der Waals surface area (Å²) in [6.07, 6.45) is 0.193. The number of imidazole rings is 1. The van der Waals surface area contributed by atoms with Gasteiger partial charge in [-0.15, -0.1) is 0 Å². The van der Waals surface area contributed by atoms with Crippen molar-refractivity contribution < 1.29 is 23.1 Å². The molecular formula is C9H15N3O5S. The number of hydrogen-bond acceptors (Lipinski definition) is 5. The number of hydrogen-bond donors (Lipinski definition) is 3. The predicted molar refractivity (Wildman–Crippen MR) is 61.6 cm³/mol. The summed E-state index contributed by atoms with van der Waals surface area (Å²) >= 11 is 0. The molecule has 0 aliphatic rings. The van der Waals surface area contributed by atoms with Gasteiger partial charge in [-0.1, -0.05) is 0 Å². The van der Waals surface area contributed by atoms with E-state index in [0.29, 0.717) is 5.82 Å². The van der Waals surface area contributed by atoms with Crippen LogP contribution in [0.25, 0.3) is 0 Å². The minimum absolute atomic E-state index is 0.0646. The van der Waals surface area contributed by atoms with Gasteiger partial charge in [0.2, 0.25) is 0 Å². The van der Waals surface area contributed by atoms with E-state index in [1.165, 1.54) is 13.3 Å². The highest BCUT2D eigenvalue weighted by Gasteiger charge is 2.20. The van der Waals surface area contributed by atoms with Crippen LogP contribution in [0.3, 0.4) is 0 Å². The molecule has 1 heterocycles. The Labute approximate surface area is 104 Å². The zero-order chi connectivity index (χ0) is 13.8. The molecule has 102 valence electrons. The Bertz CT molecular complexity index is 510. The number of H-pyrrole nitrogens is 1. The van der Waals surface area contributed by atoms with E-state index < -0.39 is 22.1 Å². The van der Waals surface area contributed by atoms with E-state index in [2.05, 4.69) is 14.7 Å². The minimum atomic E-state index is -3.72. The zero-order valence-electron chi connectivity index (χ0n) is 10.0. The van der Waals surface area contributed by atoms with Gasteiger partial charge in [0.15, 0.2) is 5.03 Å². The third-order valence-corrected chi connectivity index (χ3v) is 3.54. The van der Waals surface area contributed by atoms with Crippen LogP contribution in [0.2, 0.25) is 0 Å². The van der Waals surface area contributed by atoms with Crippen LogP contribution in [0.15, 0.2) is 11.2 Å². The summed E-state index contributed by atoms with van der Waals surface area (Å²) in [5.41, 5.74) is 0. The van der Waals surface area contributed by atoms with Gasteiger partial charge >= 0.3 is 5.97 Å². The summed E-state index contributed by atoms with van der Waals surface area (Å²) in [4.78, 5) is 16.9. The van der Waals surface area contributed by atoms with Gasteiger partial charge in [0.25, 0.3) is 10.0 Å². The van der Waals surface area contributed by atoms with Crippen molar-refractivity contribution in [2.24, 2.45) is 0 Å². The number of aromatic nitrogens is 2. The quantitative estimate of drug-likeness (QED) is 0.617. The molecule has 0 fully saturated rings. The number of aliphatic carboxylic acids is 1. The molecule has 9 heteroatoms. The van der Waals surface area contributed by atoms with Gasteiger partial charge in [-0.05, 0) is 6.92 Å². The first-order valence-electron chi connectivity index (χ1n) is 5.11. The summed E-state index contributed by atoms with van der Waals surface area (Å²) in [6, 6.07) is 0. The number of aromatic amines is 1. The van der Waals surface area contributed by atoms with Crippen molar-refractivity contribution in [3.63, 3.8) is 0 Å². The van der Waals surface area contributed by atoms with Crippen LogP contribution in [-0.2, 0) is 19.6 Å². The van der Waals surface area contributed by atoms with Crippen LogP contribution in [-0.4, -0.2) is 49.2 Å². The van der Waals surface area contributed by atoms with E-state index in [-0.39, 0.29) is 18.0 Å². The van der Waals surface area contributed by atoms with E-state index in [4.69, 9.17) is 9.84 Å². The molecule has 0 aliphatic heterocycles. The normalized spacial score (nSPS) is 13.4. The van der Waals surface area contributed by atoms with Gasteiger partial charge in [0.05, 0.1) is 18.7 Å². The van der Waals surface area contributed by atoms with Crippen molar-refractivity contribution in [1.29, 1.82) is 0 Å². The average Bonchev–Trinajstić information content (AvgIpc) is 2.71. The van der Waals surface area contributed by atoms with Gasteiger partial charge in [-0.3, -0.25) is 4.79 Å². The molecule has 1 rings (SSSR count). The van der Waals surface area contributed by atoms with Crippen LogP contribution in [0.5, 0.6) is 0 Å². The van der Waals surface area contributed by atoms with Crippen LogP contribution >= 0.6 is 0 Å². The van der Waals surface area contributed by atoms with Gasteiger partial charge < -0.3 is 14.8 Å². The molecule has 1 aromatic heterocycles. The molecule has 1 aromatic rings. The lowest BCUT2D eigenvalue weighted by Gasteiger charge is -2.13. The standard InChI is InChI=1S/C9H15N3O5S/c1-6-10-5-8(12-6)18(15,16)11-4-7(17-2)3-9(13)14/h5,7,11H,3-4H2,1-2H3,(H,10,12)(H,13,14). The van der Waals surface area contributed by atoms with Crippen molar-refractivity contribution in [2.75, 3.05) is 13.7 Å². The Morgan fingerprint density at radius 3 is 2.78 bits per heavy atom. The van der Waals surface area contributed by atoms with E-state index in [1.54, 1.807) is 6.92 Å². The highest BCUT2D eigenvalue weighted by Crippen LogP contribution is 2.05. The van der Waals surface area contributed by atoms with Crippen LogP contribution in [0, 0.1) is 6.92 Å². The van der Waals surface area contributed by atoms with Crippen molar-refractivity contribution in [3.05, 3.63) is 12.0 Å². The van der Waals surface area contributed by atoms with Crippen molar-refractivity contribution >= 4 is 16.0 Å². The Balaban J connectivity index is 2.64. The number of rotatable bonds is 7. The number of carboxylic acid groups (broad SMARTS) is 1. The lowest BCUT2D eigenvalue weighted by atomic mass is 10.2. The molecule has 3 N–H and O–H groups in total. The molecule has 18 heavy (non-hydrogen) atoms. The molecule has 0 saturated carbocycles. The first-order valence-corrected chi connectivity index (χ1v) is 6.59. The number of sulfonamides is 1. The fourth-order valence-corrected chi connectivity index (χ4v) is 2.28. The third kappa shape index (κ3) is 4.09. The lowest BCUT2D eigenvalue weighted by molar-refractivity contribution is -0.139. The minimum Gasteiger partial charge on any atom is -0.481 e. The number of nitrogens with zero attached hydrogens (tertiary/aromatic N) is 1. The summed E-state index contributed by atoms with van der Waals surface area (Å²) in [5.74, 6) is -0.581. The maximum atomic E-state index is 11.8. The molecule has 0 radical (unpaired) electrons. The largest absolute Gasteiger partial charge is 0.481 e. The average molecular weight is 277 g/mol. The molecule has 1 atom stereocenters. The molecular weight excluding hydrogens is 262 g/mol. The van der Waals surface area contributed by atoms with Crippen molar-refractivity contribution in [1.82, 2.24) is 14.7 Å². The van der Waals surface area contributed by atoms with E-state index in [9.17, 15) is 13.2 Å². The Morgan fingerprint density at radius 1 is 1.67 bits per heavy atom. The fourth-order valence-electron chi connectivity index (χ4n) is 1.25. The second kappa shape index (κ2) is 5.94. The maximum Gasteiger partial charge on any atom is 0.306 e. The zero-order valence-corrected chi connectivity index (χ0v) is 10.8. The van der Waals surface area contributed by atoms with Crippen molar-refractivity contribution in [3.8, 4) is 0 Å². The number of ether oxygens (including phenoxy) is 1. The molecule has 1 unspecified atom stereocenters. The molecule has 8 nitrogen and oxygen atoms in total. The van der Waals surface area contributed by atoms with Crippen LogP contribution < -0.4 is 4.72 Å². The molecule has 0 saturated heterocycles. The van der Waals surface area contributed by atoms with Gasteiger partial charge in [0, 0.05) is 13.7 Å². The smallest absolute Gasteiger partial charge is 0.306 e. The number of nitrogens with one attached hydrogen (secondary N) is 2. The predicted octanol–water partition coefficient (Wildman–Crippen LogP) is -0.514. The summed E-state index contributed by atoms with van der Waals surface area (Å²) < 4.78 is 30.7.